The highest BCUT2D eigenvalue weighted by Crippen LogP contribution is 2.41. The van der Waals surface area contributed by atoms with E-state index in [1.807, 2.05) is 0 Å². The molecular formula is C17H24O2. The summed E-state index contributed by atoms with van der Waals surface area (Å²) in [6, 6.07) is 4.42. The molecule has 0 heterocycles. The number of hydrogen-bond acceptors (Lipinski definition) is 1. The number of aryl methyl sites for hydroxylation is 3. The Morgan fingerprint density at radius 3 is 2.32 bits per heavy atom. The maximum Gasteiger partial charge on any atom is 0.303 e. The monoisotopic (exact) mass is 260 g/mol. The van der Waals surface area contributed by atoms with E-state index in [4.69, 9.17) is 0 Å². The van der Waals surface area contributed by atoms with E-state index in [0.717, 1.165) is 0 Å². The molecular weight excluding hydrogens is 236 g/mol. The van der Waals surface area contributed by atoms with Gasteiger partial charge in [-0.15, -0.1) is 0 Å². The zero-order valence-corrected chi connectivity index (χ0v) is 12.2. The van der Waals surface area contributed by atoms with E-state index >= 15 is 0 Å². The van der Waals surface area contributed by atoms with Crippen molar-refractivity contribution in [2.75, 3.05) is 0 Å². The van der Waals surface area contributed by atoms with Crippen LogP contribution in [0.15, 0.2) is 12.1 Å². The largest absolute Gasteiger partial charge is 0.481 e. The molecule has 2 rings (SSSR count). The van der Waals surface area contributed by atoms with Gasteiger partial charge in [0.1, 0.15) is 0 Å². The van der Waals surface area contributed by atoms with E-state index in [-0.39, 0.29) is 12.3 Å². The number of carbonyl (C=O) groups is 1. The molecule has 0 spiro atoms. The molecule has 1 N–H and O–H groups in total. The van der Waals surface area contributed by atoms with Crippen molar-refractivity contribution in [2.24, 2.45) is 5.92 Å². The third-order valence-corrected chi connectivity index (χ3v) is 4.65. The minimum atomic E-state index is -0.672. The number of hydrogen-bond donors (Lipinski definition) is 1. The molecule has 0 radical (unpaired) electrons. The molecule has 0 bridgehead atoms. The van der Waals surface area contributed by atoms with Crippen LogP contribution in [0.3, 0.4) is 0 Å². The van der Waals surface area contributed by atoms with Crippen LogP contribution in [-0.4, -0.2) is 11.1 Å². The van der Waals surface area contributed by atoms with Gasteiger partial charge in [0.05, 0.1) is 6.42 Å². The summed E-state index contributed by atoms with van der Waals surface area (Å²) in [7, 11) is 0. The Morgan fingerprint density at radius 1 is 1.16 bits per heavy atom. The van der Waals surface area contributed by atoms with Crippen molar-refractivity contribution in [1.82, 2.24) is 0 Å². The first kappa shape index (κ1) is 14.1. The van der Waals surface area contributed by atoms with Crippen LogP contribution in [0.2, 0.25) is 0 Å². The number of aliphatic carboxylic acids is 1. The summed E-state index contributed by atoms with van der Waals surface area (Å²) in [5.74, 6) is 0.0748. The molecule has 1 fully saturated rings. The number of rotatable bonds is 4. The maximum atomic E-state index is 11.2. The maximum absolute atomic E-state index is 11.2. The fourth-order valence-electron chi connectivity index (χ4n) is 3.46. The zero-order chi connectivity index (χ0) is 14.0. The van der Waals surface area contributed by atoms with Gasteiger partial charge >= 0.3 is 5.97 Å². The van der Waals surface area contributed by atoms with Gasteiger partial charge in [0.15, 0.2) is 0 Å². The first-order chi connectivity index (χ1) is 8.99. The van der Waals surface area contributed by atoms with Crippen LogP contribution in [0.1, 0.15) is 60.3 Å². The quantitative estimate of drug-likeness (QED) is 0.873. The zero-order valence-electron chi connectivity index (χ0n) is 12.2. The van der Waals surface area contributed by atoms with Crippen molar-refractivity contribution in [3.63, 3.8) is 0 Å². The Morgan fingerprint density at radius 2 is 1.74 bits per heavy atom. The molecule has 1 aromatic carbocycles. The molecule has 104 valence electrons. The van der Waals surface area contributed by atoms with E-state index in [0.29, 0.717) is 5.92 Å². The van der Waals surface area contributed by atoms with Gasteiger partial charge in [-0.2, -0.15) is 0 Å². The Kier molecular flexibility index (Phi) is 4.28. The first-order valence-electron chi connectivity index (χ1n) is 7.28. The van der Waals surface area contributed by atoms with Crippen LogP contribution >= 0.6 is 0 Å². The van der Waals surface area contributed by atoms with Gasteiger partial charge in [-0.1, -0.05) is 25.0 Å². The van der Waals surface area contributed by atoms with Crippen molar-refractivity contribution in [1.29, 1.82) is 0 Å². The van der Waals surface area contributed by atoms with E-state index < -0.39 is 5.97 Å². The molecule has 0 saturated heterocycles. The molecule has 1 aliphatic rings. The van der Waals surface area contributed by atoms with Gasteiger partial charge in [0.2, 0.25) is 0 Å². The predicted octanol–water partition coefficient (Wildman–Crippen LogP) is 4.36. The standard InChI is InChI=1S/C17H24O2/c1-11-8-13(3)15(9-12(11)2)16(10-17(18)19)14-6-4-5-7-14/h8-9,14,16H,4-7,10H2,1-3H3,(H,18,19). The molecule has 2 nitrogen and oxygen atoms in total. The van der Waals surface area contributed by atoms with Gasteiger partial charge in [0, 0.05) is 0 Å². The van der Waals surface area contributed by atoms with Gasteiger partial charge < -0.3 is 5.11 Å². The highest BCUT2D eigenvalue weighted by atomic mass is 16.4. The summed E-state index contributed by atoms with van der Waals surface area (Å²) in [5.41, 5.74) is 5.08. The summed E-state index contributed by atoms with van der Waals surface area (Å²) in [6.07, 6.45) is 5.15. The van der Waals surface area contributed by atoms with Crippen molar-refractivity contribution in [3.8, 4) is 0 Å². The van der Waals surface area contributed by atoms with Crippen molar-refractivity contribution < 1.29 is 9.90 Å². The molecule has 1 atom stereocenters. The van der Waals surface area contributed by atoms with Crippen LogP contribution in [-0.2, 0) is 4.79 Å². The molecule has 1 aliphatic carbocycles. The molecule has 1 unspecified atom stereocenters. The number of carboxylic acid groups (broad SMARTS) is 1. The molecule has 0 aliphatic heterocycles. The van der Waals surface area contributed by atoms with Crippen LogP contribution in [0.4, 0.5) is 0 Å². The second-order valence-electron chi connectivity index (χ2n) is 6.04. The van der Waals surface area contributed by atoms with Crippen LogP contribution in [0.5, 0.6) is 0 Å². The normalized spacial score (nSPS) is 17.6. The minimum absolute atomic E-state index is 0.194. The lowest BCUT2D eigenvalue weighted by Gasteiger charge is -2.25. The molecule has 19 heavy (non-hydrogen) atoms. The lowest BCUT2D eigenvalue weighted by atomic mass is 9.79. The summed E-state index contributed by atoms with van der Waals surface area (Å²) in [5, 5.41) is 9.22. The first-order valence-corrected chi connectivity index (χ1v) is 7.28. The lowest BCUT2D eigenvalue weighted by molar-refractivity contribution is -0.137. The molecule has 1 aromatic rings. The van der Waals surface area contributed by atoms with Crippen LogP contribution in [0, 0.1) is 26.7 Å². The topological polar surface area (TPSA) is 37.3 Å². The lowest BCUT2D eigenvalue weighted by Crippen LogP contribution is -2.16. The van der Waals surface area contributed by atoms with Crippen LogP contribution in [0.25, 0.3) is 0 Å². The summed E-state index contributed by atoms with van der Waals surface area (Å²) in [6.45, 7) is 6.35. The minimum Gasteiger partial charge on any atom is -0.481 e. The highest BCUT2D eigenvalue weighted by molar-refractivity contribution is 5.68. The number of carboxylic acids is 1. The van der Waals surface area contributed by atoms with Crippen molar-refractivity contribution in [2.45, 2.75) is 58.8 Å². The second kappa shape index (κ2) is 5.77. The smallest absolute Gasteiger partial charge is 0.303 e. The van der Waals surface area contributed by atoms with E-state index in [2.05, 4.69) is 32.9 Å². The third kappa shape index (κ3) is 3.17. The fourth-order valence-corrected chi connectivity index (χ4v) is 3.46. The summed E-state index contributed by atoms with van der Waals surface area (Å²) >= 11 is 0. The highest BCUT2D eigenvalue weighted by Gasteiger charge is 2.29. The number of benzene rings is 1. The molecule has 1 saturated carbocycles. The van der Waals surface area contributed by atoms with Gasteiger partial charge in [-0.25, -0.2) is 0 Å². The fraction of sp³-hybridized carbons (Fsp3) is 0.588. The Bertz CT molecular complexity index is 470. The second-order valence-corrected chi connectivity index (χ2v) is 6.04. The van der Waals surface area contributed by atoms with Crippen molar-refractivity contribution in [3.05, 3.63) is 34.4 Å². The predicted molar refractivity (Wildman–Crippen MR) is 77.6 cm³/mol. The van der Waals surface area contributed by atoms with E-state index in [9.17, 15) is 9.90 Å². The van der Waals surface area contributed by atoms with E-state index in [1.165, 1.54) is 47.9 Å². The Labute approximate surface area is 115 Å². The SMILES string of the molecule is Cc1cc(C)c(C(CC(=O)O)C2CCCC2)cc1C. The third-order valence-electron chi connectivity index (χ3n) is 4.65. The molecule has 0 aromatic heterocycles. The van der Waals surface area contributed by atoms with Crippen LogP contribution < -0.4 is 0 Å². The van der Waals surface area contributed by atoms with E-state index in [1.54, 1.807) is 0 Å². The average Bonchev–Trinajstić information content (AvgIpc) is 2.84. The molecule has 2 heteroatoms. The molecule has 0 amide bonds. The van der Waals surface area contributed by atoms with Gasteiger partial charge in [-0.3, -0.25) is 4.79 Å². The van der Waals surface area contributed by atoms with Crippen molar-refractivity contribution >= 4 is 5.97 Å². The summed E-state index contributed by atoms with van der Waals surface area (Å²) in [4.78, 5) is 11.2. The average molecular weight is 260 g/mol. The van der Waals surface area contributed by atoms with Gasteiger partial charge in [-0.05, 0) is 67.7 Å². The Balaban J connectivity index is 2.36. The Hall–Kier alpha value is -1.31. The summed E-state index contributed by atoms with van der Waals surface area (Å²) < 4.78 is 0. The van der Waals surface area contributed by atoms with Gasteiger partial charge in [0.25, 0.3) is 0 Å².